The maximum absolute atomic E-state index is 6.52. The first-order valence-electron chi connectivity index (χ1n) is 8.42. The van der Waals surface area contributed by atoms with Crippen LogP contribution in [-0.4, -0.2) is 36.7 Å². The molecule has 1 atom stereocenters. The molecule has 3 nitrogen and oxygen atoms in total. The zero-order valence-electron chi connectivity index (χ0n) is 13.6. The highest BCUT2D eigenvalue weighted by atomic mass is 16.5. The van der Waals surface area contributed by atoms with E-state index >= 15 is 0 Å². The minimum Gasteiger partial charge on any atom is -0.487 e. The fourth-order valence-corrected chi connectivity index (χ4v) is 3.94. The van der Waals surface area contributed by atoms with Crippen molar-refractivity contribution in [3.63, 3.8) is 0 Å². The van der Waals surface area contributed by atoms with Gasteiger partial charge >= 0.3 is 0 Å². The molecule has 1 unspecified atom stereocenters. The molecule has 3 heteroatoms. The van der Waals surface area contributed by atoms with Gasteiger partial charge in [0.15, 0.2) is 0 Å². The van der Waals surface area contributed by atoms with E-state index < -0.39 is 0 Å². The van der Waals surface area contributed by atoms with Crippen molar-refractivity contribution in [1.29, 1.82) is 0 Å². The third-order valence-corrected chi connectivity index (χ3v) is 5.18. The minimum atomic E-state index is 0.0424. The van der Waals surface area contributed by atoms with E-state index in [1.165, 1.54) is 11.1 Å². The summed E-state index contributed by atoms with van der Waals surface area (Å²) in [7, 11) is 0. The lowest BCUT2D eigenvalue weighted by molar-refractivity contribution is -0.0182. The summed E-state index contributed by atoms with van der Waals surface area (Å²) in [4.78, 5) is 2.59. The second-order valence-corrected chi connectivity index (χ2v) is 6.52. The van der Waals surface area contributed by atoms with Gasteiger partial charge in [-0.2, -0.15) is 0 Å². The normalized spacial score (nSPS) is 23.9. The number of rotatable bonds is 3. The number of hydrogen-bond acceptors (Lipinski definition) is 3. The molecule has 1 fully saturated rings. The van der Waals surface area contributed by atoms with E-state index in [1.807, 2.05) is 0 Å². The number of piperidine rings is 1. The quantitative estimate of drug-likeness (QED) is 0.924. The molecule has 0 amide bonds. The Morgan fingerprint density at radius 1 is 1.24 bits per heavy atom. The topological polar surface area (TPSA) is 24.5 Å². The number of aryl methyl sites for hydroxylation is 1. The second kappa shape index (κ2) is 5.98. The lowest BCUT2D eigenvalue weighted by Gasteiger charge is -2.47. The first-order chi connectivity index (χ1) is 10.2. The Balaban J connectivity index is 1.99. The van der Waals surface area contributed by atoms with Crippen LogP contribution in [0.25, 0.3) is 0 Å². The van der Waals surface area contributed by atoms with Gasteiger partial charge in [-0.3, -0.25) is 4.90 Å². The van der Waals surface area contributed by atoms with Crippen LogP contribution in [0.1, 0.15) is 50.3 Å². The fraction of sp³-hybridized carbons (Fsp3) is 0.667. The summed E-state index contributed by atoms with van der Waals surface area (Å²) >= 11 is 0. The number of nitrogens with zero attached hydrogens (tertiary/aromatic N) is 1. The minimum absolute atomic E-state index is 0.0424. The number of benzene rings is 1. The first-order valence-corrected chi connectivity index (χ1v) is 8.42. The van der Waals surface area contributed by atoms with Crippen LogP contribution in [0.4, 0.5) is 0 Å². The molecular formula is C18H28N2O. The van der Waals surface area contributed by atoms with Gasteiger partial charge in [0.25, 0.3) is 0 Å². The average Bonchev–Trinajstić information content (AvgIpc) is 2.50. The van der Waals surface area contributed by atoms with Gasteiger partial charge < -0.3 is 10.1 Å². The Morgan fingerprint density at radius 3 is 2.62 bits per heavy atom. The van der Waals surface area contributed by atoms with Gasteiger partial charge in [-0.1, -0.05) is 31.5 Å². The third-order valence-electron chi connectivity index (χ3n) is 5.18. The van der Waals surface area contributed by atoms with Gasteiger partial charge in [-0.05, 0) is 52.0 Å². The number of ether oxygens (including phenoxy) is 1. The van der Waals surface area contributed by atoms with E-state index in [4.69, 9.17) is 4.74 Å². The monoisotopic (exact) mass is 288 g/mol. The van der Waals surface area contributed by atoms with Crippen LogP contribution < -0.4 is 10.1 Å². The predicted octanol–water partition coefficient (Wildman–Crippen LogP) is 3.28. The predicted molar refractivity (Wildman–Crippen MR) is 86.9 cm³/mol. The van der Waals surface area contributed by atoms with Crippen molar-refractivity contribution >= 4 is 0 Å². The molecule has 1 aromatic rings. The SMILES string of the molecule is CCN(CC)C1CC2(CCNCC2)Oc2ccc(C)cc21. The van der Waals surface area contributed by atoms with Gasteiger partial charge in [-0.25, -0.2) is 0 Å². The molecule has 0 saturated carbocycles. The van der Waals surface area contributed by atoms with Crippen LogP contribution in [0.2, 0.25) is 0 Å². The highest BCUT2D eigenvalue weighted by molar-refractivity contribution is 5.42. The average molecular weight is 288 g/mol. The van der Waals surface area contributed by atoms with E-state index in [1.54, 1.807) is 0 Å². The van der Waals surface area contributed by atoms with Crippen molar-refractivity contribution in [2.24, 2.45) is 0 Å². The van der Waals surface area contributed by atoms with Crippen LogP contribution in [0.15, 0.2) is 18.2 Å². The molecule has 2 aliphatic heterocycles. The van der Waals surface area contributed by atoms with Gasteiger partial charge in [-0.15, -0.1) is 0 Å². The molecule has 1 aromatic carbocycles. The standard InChI is InChI=1S/C18H28N2O/c1-4-20(5-2)16-13-18(8-10-19-11-9-18)21-17-7-6-14(3)12-15(16)17/h6-7,12,16,19H,4-5,8-11,13H2,1-3H3. The second-order valence-electron chi connectivity index (χ2n) is 6.52. The van der Waals surface area contributed by atoms with E-state index in [9.17, 15) is 0 Å². The number of fused-ring (bicyclic) bond motifs is 1. The lowest BCUT2D eigenvalue weighted by Crippen LogP contribution is -2.51. The van der Waals surface area contributed by atoms with E-state index in [-0.39, 0.29) is 5.60 Å². The first kappa shape index (κ1) is 14.9. The van der Waals surface area contributed by atoms with Crippen molar-refractivity contribution in [2.75, 3.05) is 26.2 Å². The van der Waals surface area contributed by atoms with Crippen LogP contribution in [0, 0.1) is 6.92 Å². The van der Waals surface area contributed by atoms with Crippen LogP contribution in [-0.2, 0) is 0 Å². The molecule has 3 rings (SSSR count). The summed E-state index contributed by atoms with van der Waals surface area (Å²) < 4.78 is 6.52. The van der Waals surface area contributed by atoms with Crippen molar-refractivity contribution in [3.8, 4) is 5.75 Å². The molecule has 21 heavy (non-hydrogen) atoms. The van der Waals surface area contributed by atoms with E-state index in [0.717, 1.165) is 51.2 Å². The van der Waals surface area contributed by atoms with Gasteiger partial charge in [0, 0.05) is 18.0 Å². The molecule has 2 heterocycles. The molecule has 1 saturated heterocycles. The maximum atomic E-state index is 6.52. The van der Waals surface area contributed by atoms with Crippen LogP contribution in [0.3, 0.4) is 0 Å². The van der Waals surface area contributed by atoms with E-state index in [2.05, 4.69) is 49.2 Å². The van der Waals surface area contributed by atoms with E-state index in [0.29, 0.717) is 6.04 Å². The number of hydrogen-bond donors (Lipinski definition) is 1. The molecule has 0 aliphatic carbocycles. The Bertz CT molecular complexity index is 490. The fourth-order valence-electron chi connectivity index (χ4n) is 3.94. The third kappa shape index (κ3) is 2.82. The Morgan fingerprint density at radius 2 is 1.95 bits per heavy atom. The molecule has 116 valence electrons. The van der Waals surface area contributed by atoms with Crippen molar-refractivity contribution in [2.45, 2.75) is 51.7 Å². The zero-order chi connectivity index (χ0) is 14.9. The van der Waals surface area contributed by atoms with Crippen LogP contribution >= 0.6 is 0 Å². The summed E-state index contributed by atoms with van der Waals surface area (Å²) in [5.74, 6) is 1.12. The largest absolute Gasteiger partial charge is 0.487 e. The van der Waals surface area contributed by atoms with Crippen LogP contribution in [0.5, 0.6) is 5.75 Å². The summed E-state index contributed by atoms with van der Waals surface area (Å²) in [5.41, 5.74) is 2.76. The van der Waals surface area contributed by atoms with Gasteiger partial charge in [0.2, 0.25) is 0 Å². The lowest BCUT2D eigenvalue weighted by atomic mass is 9.80. The Labute approximate surface area is 128 Å². The summed E-state index contributed by atoms with van der Waals surface area (Å²) in [6.45, 7) is 11.1. The maximum Gasteiger partial charge on any atom is 0.124 e. The molecule has 1 spiro atoms. The van der Waals surface area contributed by atoms with Crippen molar-refractivity contribution in [1.82, 2.24) is 10.2 Å². The van der Waals surface area contributed by atoms with Gasteiger partial charge in [0.05, 0.1) is 0 Å². The smallest absolute Gasteiger partial charge is 0.124 e. The molecular weight excluding hydrogens is 260 g/mol. The molecule has 2 aliphatic rings. The molecule has 0 radical (unpaired) electrons. The molecule has 1 N–H and O–H groups in total. The summed E-state index contributed by atoms with van der Waals surface area (Å²) in [6, 6.07) is 7.19. The number of nitrogens with one attached hydrogen (secondary N) is 1. The van der Waals surface area contributed by atoms with Crippen molar-refractivity contribution < 1.29 is 4.74 Å². The Kier molecular flexibility index (Phi) is 4.23. The highest BCUT2D eigenvalue weighted by Crippen LogP contribution is 2.46. The summed E-state index contributed by atoms with van der Waals surface area (Å²) in [6.07, 6.45) is 3.38. The highest BCUT2D eigenvalue weighted by Gasteiger charge is 2.43. The van der Waals surface area contributed by atoms with Gasteiger partial charge in [0.1, 0.15) is 11.4 Å². The summed E-state index contributed by atoms with van der Waals surface area (Å²) in [5, 5.41) is 3.47. The molecule has 0 aromatic heterocycles. The molecule has 0 bridgehead atoms. The van der Waals surface area contributed by atoms with Crippen molar-refractivity contribution in [3.05, 3.63) is 29.3 Å². The zero-order valence-corrected chi connectivity index (χ0v) is 13.6. The Hall–Kier alpha value is -1.06.